The zero-order valence-electron chi connectivity index (χ0n) is 9.60. The molecule has 1 heterocycles. The van der Waals surface area contributed by atoms with E-state index >= 15 is 0 Å². The van der Waals surface area contributed by atoms with Crippen LogP contribution in [0.25, 0.3) is 0 Å². The van der Waals surface area contributed by atoms with E-state index in [1.807, 2.05) is 18.7 Å². The Hall–Kier alpha value is -0.570. The molecule has 0 bridgehead atoms. The van der Waals surface area contributed by atoms with Gasteiger partial charge in [0.05, 0.1) is 5.54 Å². The van der Waals surface area contributed by atoms with Crippen molar-refractivity contribution in [3.8, 4) is 0 Å². The maximum atomic E-state index is 12.2. The molecule has 0 aromatic carbocycles. The van der Waals surface area contributed by atoms with Crippen LogP contribution in [-0.4, -0.2) is 36.0 Å². The highest BCUT2D eigenvalue weighted by molar-refractivity contribution is 5.86. The summed E-state index contributed by atoms with van der Waals surface area (Å²) in [6.45, 7) is 8.87. The summed E-state index contributed by atoms with van der Waals surface area (Å²) in [6.07, 6.45) is 3.13. The lowest BCUT2D eigenvalue weighted by atomic mass is 9.98. The molecule has 1 N–H and O–H groups in total. The van der Waals surface area contributed by atoms with E-state index in [-0.39, 0.29) is 11.4 Å². The molecule has 3 nitrogen and oxygen atoms in total. The maximum Gasteiger partial charge on any atom is 0.242 e. The fourth-order valence-electron chi connectivity index (χ4n) is 2.10. The van der Waals surface area contributed by atoms with Gasteiger partial charge in [0.15, 0.2) is 0 Å². The molecule has 0 spiro atoms. The van der Waals surface area contributed by atoms with Gasteiger partial charge < -0.3 is 10.2 Å². The predicted molar refractivity (Wildman–Crippen MR) is 58.2 cm³/mol. The number of nitrogens with one attached hydrogen (secondary N) is 1. The van der Waals surface area contributed by atoms with E-state index in [0.717, 1.165) is 38.9 Å². The minimum atomic E-state index is -0.287. The van der Waals surface area contributed by atoms with Crippen molar-refractivity contribution in [2.45, 2.75) is 45.6 Å². The van der Waals surface area contributed by atoms with Gasteiger partial charge in [-0.25, -0.2) is 0 Å². The number of carbonyl (C=O) groups excluding carboxylic acids is 1. The third kappa shape index (κ3) is 2.27. The number of hydrogen-bond acceptors (Lipinski definition) is 2. The molecule has 1 unspecified atom stereocenters. The van der Waals surface area contributed by atoms with Crippen LogP contribution in [0.5, 0.6) is 0 Å². The fourth-order valence-corrected chi connectivity index (χ4v) is 2.10. The van der Waals surface area contributed by atoms with Crippen LogP contribution < -0.4 is 5.32 Å². The van der Waals surface area contributed by atoms with Gasteiger partial charge in [-0.15, -0.1) is 0 Å². The lowest BCUT2D eigenvalue weighted by molar-refractivity contribution is -0.137. The van der Waals surface area contributed by atoms with Crippen molar-refractivity contribution in [2.24, 2.45) is 0 Å². The first-order chi connectivity index (χ1) is 6.64. The molecule has 0 aromatic heterocycles. The average Bonchev–Trinajstić information content (AvgIpc) is 2.62. The Morgan fingerprint density at radius 1 is 1.50 bits per heavy atom. The molecule has 0 radical (unpaired) electrons. The van der Waals surface area contributed by atoms with Gasteiger partial charge in [0.2, 0.25) is 5.91 Å². The molecule has 0 aromatic rings. The minimum absolute atomic E-state index is 0.277. The third-order valence-corrected chi connectivity index (χ3v) is 3.00. The molecule has 0 saturated carbocycles. The highest BCUT2D eigenvalue weighted by atomic mass is 16.2. The van der Waals surface area contributed by atoms with Gasteiger partial charge in [-0.2, -0.15) is 0 Å². The fraction of sp³-hybridized carbons (Fsp3) is 0.909. The largest absolute Gasteiger partial charge is 0.341 e. The van der Waals surface area contributed by atoms with Crippen molar-refractivity contribution in [3.05, 3.63) is 0 Å². The summed E-state index contributed by atoms with van der Waals surface area (Å²) in [7, 11) is 0. The number of likely N-dealkylation sites (N-methyl/N-ethyl adjacent to an activating group) is 1. The quantitative estimate of drug-likeness (QED) is 0.740. The van der Waals surface area contributed by atoms with E-state index in [4.69, 9.17) is 0 Å². The first-order valence-electron chi connectivity index (χ1n) is 5.68. The Balaban J connectivity index is 2.61. The van der Waals surface area contributed by atoms with Gasteiger partial charge in [0.25, 0.3) is 0 Å². The van der Waals surface area contributed by atoms with E-state index < -0.39 is 0 Å². The van der Waals surface area contributed by atoms with Gasteiger partial charge in [0, 0.05) is 13.1 Å². The van der Waals surface area contributed by atoms with Crippen molar-refractivity contribution in [1.29, 1.82) is 0 Å². The van der Waals surface area contributed by atoms with Crippen molar-refractivity contribution in [2.75, 3.05) is 19.6 Å². The van der Waals surface area contributed by atoms with Crippen LogP contribution in [-0.2, 0) is 4.79 Å². The molecule has 1 amide bonds. The number of rotatable bonds is 4. The maximum absolute atomic E-state index is 12.2. The zero-order chi connectivity index (χ0) is 10.6. The first kappa shape index (κ1) is 11.5. The summed E-state index contributed by atoms with van der Waals surface area (Å²) in [5.74, 6) is 0.277. The lowest BCUT2D eigenvalue weighted by Gasteiger charge is -2.31. The number of nitrogens with zero attached hydrogens (tertiary/aromatic N) is 1. The third-order valence-electron chi connectivity index (χ3n) is 3.00. The monoisotopic (exact) mass is 198 g/mol. The van der Waals surface area contributed by atoms with Crippen molar-refractivity contribution in [1.82, 2.24) is 10.2 Å². The van der Waals surface area contributed by atoms with Gasteiger partial charge in [-0.1, -0.05) is 6.92 Å². The molecule has 0 aliphatic carbocycles. The summed E-state index contributed by atoms with van der Waals surface area (Å²) in [6, 6.07) is 0. The minimum Gasteiger partial charge on any atom is -0.341 e. The molecular weight excluding hydrogens is 176 g/mol. The predicted octanol–water partition coefficient (Wildman–Crippen LogP) is 1.39. The molecule has 1 aliphatic rings. The number of amides is 1. The van der Waals surface area contributed by atoms with Crippen LogP contribution in [0.1, 0.15) is 40.0 Å². The second kappa shape index (κ2) is 4.78. The van der Waals surface area contributed by atoms with Crippen molar-refractivity contribution >= 4 is 5.91 Å². The molecule has 1 rings (SSSR count). The second-order valence-corrected chi connectivity index (χ2v) is 4.25. The van der Waals surface area contributed by atoms with Crippen LogP contribution >= 0.6 is 0 Å². The summed E-state index contributed by atoms with van der Waals surface area (Å²) in [5, 5.41) is 3.31. The highest BCUT2D eigenvalue weighted by Crippen LogP contribution is 2.21. The number of hydrogen-bond donors (Lipinski definition) is 1. The van der Waals surface area contributed by atoms with Gasteiger partial charge in [-0.3, -0.25) is 4.79 Å². The van der Waals surface area contributed by atoms with Crippen LogP contribution in [0.2, 0.25) is 0 Å². The molecule has 1 aliphatic heterocycles. The molecule has 82 valence electrons. The van der Waals surface area contributed by atoms with Crippen molar-refractivity contribution < 1.29 is 4.79 Å². The normalized spacial score (nSPS) is 26.5. The molecule has 14 heavy (non-hydrogen) atoms. The van der Waals surface area contributed by atoms with Gasteiger partial charge in [-0.05, 0) is 39.7 Å². The Bertz CT molecular complexity index is 197. The molecule has 1 fully saturated rings. The van der Waals surface area contributed by atoms with E-state index in [9.17, 15) is 4.79 Å². The average molecular weight is 198 g/mol. The van der Waals surface area contributed by atoms with Crippen LogP contribution in [0.15, 0.2) is 0 Å². The Morgan fingerprint density at radius 3 is 2.64 bits per heavy atom. The molecule has 1 atom stereocenters. The topological polar surface area (TPSA) is 32.3 Å². The summed E-state index contributed by atoms with van der Waals surface area (Å²) in [4.78, 5) is 14.1. The van der Waals surface area contributed by atoms with Crippen LogP contribution in [0, 0.1) is 0 Å². The van der Waals surface area contributed by atoms with E-state index in [1.165, 1.54) is 0 Å². The Labute approximate surface area is 86.9 Å². The summed E-state index contributed by atoms with van der Waals surface area (Å²) < 4.78 is 0. The van der Waals surface area contributed by atoms with E-state index in [0.29, 0.717) is 0 Å². The number of carbonyl (C=O) groups is 1. The first-order valence-corrected chi connectivity index (χ1v) is 5.68. The SMILES string of the molecule is CCCN(CC)C(=O)C1(C)CCCN1. The smallest absolute Gasteiger partial charge is 0.242 e. The van der Waals surface area contributed by atoms with E-state index in [2.05, 4.69) is 12.2 Å². The standard InChI is InChI=1S/C11H22N2O/c1-4-9-13(5-2)10(14)11(3)7-6-8-12-11/h12H,4-9H2,1-3H3. The van der Waals surface area contributed by atoms with Gasteiger partial charge in [0.1, 0.15) is 0 Å². The molecule has 3 heteroatoms. The Kier molecular flexibility index (Phi) is 3.93. The Morgan fingerprint density at radius 2 is 2.21 bits per heavy atom. The van der Waals surface area contributed by atoms with Crippen LogP contribution in [0.4, 0.5) is 0 Å². The lowest BCUT2D eigenvalue weighted by Crippen LogP contribution is -2.52. The van der Waals surface area contributed by atoms with E-state index in [1.54, 1.807) is 0 Å². The summed E-state index contributed by atoms with van der Waals surface area (Å²) >= 11 is 0. The van der Waals surface area contributed by atoms with Crippen LogP contribution in [0.3, 0.4) is 0 Å². The molecular formula is C11H22N2O. The molecule has 1 saturated heterocycles. The summed E-state index contributed by atoms with van der Waals surface area (Å²) in [5.41, 5.74) is -0.287. The highest BCUT2D eigenvalue weighted by Gasteiger charge is 2.38. The van der Waals surface area contributed by atoms with Gasteiger partial charge >= 0.3 is 0 Å². The van der Waals surface area contributed by atoms with Crippen molar-refractivity contribution in [3.63, 3.8) is 0 Å². The zero-order valence-corrected chi connectivity index (χ0v) is 9.60. The second-order valence-electron chi connectivity index (χ2n) is 4.25.